The summed E-state index contributed by atoms with van der Waals surface area (Å²) in [4.78, 5) is 14.9. The van der Waals surface area contributed by atoms with Crippen LogP contribution >= 0.6 is 0 Å². The minimum atomic E-state index is -0.748. The predicted molar refractivity (Wildman–Crippen MR) is 80.3 cm³/mol. The molecule has 3 unspecified atom stereocenters. The summed E-state index contributed by atoms with van der Waals surface area (Å²) in [7, 11) is 0. The summed E-state index contributed by atoms with van der Waals surface area (Å²) in [5, 5.41) is 0. The summed E-state index contributed by atoms with van der Waals surface area (Å²) < 4.78 is 5.88. The predicted octanol–water partition coefficient (Wildman–Crippen LogP) is 2.17. The minimum absolute atomic E-state index is 0.130. The smallest absolute Gasteiger partial charge is 0.243 e. The zero-order chi connectivity index (χ0) is 15.0. The summed E-state index contributed by atoms with van der Waals surface area (Å²) in [6.07, 6.45) is 4.32. The first-order chi connectivity index (χ1) is 9.41. The molecule has 0 radical (unpaired) electrons. The summed E-state index contributed by atoms with van der Waals surface area (Å²) in [6.45, 7) is 10.7. The van der Waals surface area contributed by atoms with Gasteiger partial charge in [0.15, 0.2) is 0 Å². The Hall–Kier alpha value is -0.610. The normalized spacial score (nSPS) is 35.0. The molecule has 4 heteroatoms. The number of rotatable bonds is 5. The number of amides is 1. The van der Waals surface area contributed by atoms with Crippen molar-refractivity contribution in [3.05, 3.63) is 0 Å². The summed E-state index contributed by atoms with van der Waals surface area (Å²) >= 11 is 0. The highest BCUT2D eigenvalue weighted by Crippen LogP contribution is 2.57. The van der Waals surface area contributed by atoms with Gasteiger partial charge in [0.25, 0.3) is 0 Å². The lowest BCUT2D eigenvalue weighted by Crippen LogP contribution is -2.82. The summed E-state index contributed by atoms with van der Waals surface area (Å²) in [6, 6.07) is 0. The highest BCUT2D eigenvalue weighted by Gasteiger charge is 2.70. The summed E-state index contributed by atoms with van der Waals surface area (Å²) in [5.41, 5.74) is 5.64. The second-order valence-corrected chi connectivity index (χ2v) is 6.87. The van der Waals surface area contributed by atoms with E-state index in [-0.39, 0.29) is 23.3 Å². The van der Waals surface area contributed by atoms with Gasteiger partial charge in [-0.25, -0.2) is 0 Å². The molecule has 1 saturated heterocycles. The van der Waals surface area contributed by atoms with Gasteiger partial charge in [0.2, 0.25) is 5.91 Å². The average Bonchev–Trinajstić information content (AvgIpc) is 2.46. The monoisotopic (exact) mass is 282 g/mol. The van der Waals surface area contributed by atoms with E-state index in [1.807, 2.05) is 11.8 Å². The second kappa shape index (κ2) is 5.64. The number of carbonyl (C=O) groups is 1. The number of unbranched alkanes of at least 4 members (excludes halogenated alkanes) is 1. The lowest BCUT2D eigenvalue weighted by molar-refractivity contribution is -0.230. The largest absolute Gasteiger partial charge is 0.377 e. The van der Waals surface area contributed by atoms with Crippen LogP contribution in [0.2, 0.25) is 0 Å². The van der Waals surface area contributed by atoms with E-state index in [4.69, 9.17) is 10.5 Å². The van der Waals surface area contributed by atoms with E-state index in [0.717, 1.165) is 45.4 Å². The van der Waals surface area contributed by atoms with E-state index in [9.17, 15) is 4.79 Å². The zero-order valence-electron chi connectivity index (χ0n) is 13.4. The van der Waals surface area contributed by atoms with Gasteiger partial charge in [0.1, 0.15) is 5.54 Å². The van der Waals surface area contributed by atoms with Crippen molar-refractivity contribution in [2.24, 2.45) is 17.1 Å². The van der Waals surface area contributed by atoms with Crippen molar-refractivity contribution in [2.75, 3.05) is 19.7 Å². The van der Waals surface area contributed by atoms with Crippen LogP contribution in [0.1, 0.15) is 53.4 Å². The van der Waals surface area contributed by atoms with Gasteiger partial charge in [-0.3, -0.25) is 4.79 Å². The van der Waals surface area contributed by atoms with Gasteiger partial charge in [-0.1, -0.05) is 27.2 Å². The molecule has 4 nitrogen and oxygen atoms in total. The number of nitrogens with zero attached hydrogens (tertiary/aromatic N) is 1. The standard InChI is InChI=1S/C16H30N2O2/c1-5-7-10-18(6-2)14(19)16(17)12-9-8-11-20-13(12)15(16,3)4/h12-13H,5-11,17H2,1-4H3. The first kappa shape index (κ1) is 15.8. The van der Waals surface area contributed by atoms with Crippen LogP contribution in [0.5, 0.6) is 0 Å². The van der Waals surface area contributed by atoms with Gasteiger partial charge in [-0.05, 0) is 26.2 Å². The average molecular weight is 282 g/mol. The molecule has 0 aromatic carbocycles. The molecule has 1 aliphatic carbocycles. The Balaban J connectivity index is 2.18. The van der Waals surface area contributed by atoms with Gasteiger partial charge in [-0.15, -0.1) is 0 Å². The third kappa shape index (κ3) is 2.08. The highest BCUT2D eigenvalue weighted by atomic mass is 16.5. The Morgan fingerprint density at radius 3 is 2.70 bits per heavy atom. The van der Waals surface area contributed by atoms with E-state index in [0.29, 0.717) is 0 Å². The van der Waals surface area contributed by atoms with Gasteiger partial charge in [0.05, 0.1) is 6.10 Å². The fourth-order valence-corrected chi connectivity index (χ4v) is 4.02. The molecule has 2 rings (SSSR count). The van der Waals surface area contributed by atoms with Crippen molar-refractivity contribution in [3.63, 3.8) is 0 Å². The number of carbonyl (C=O) groups excluding carboxylic acids is 1. The summed E-state index contributed by atoms with van der Waals surface area (Å²) in [5.74, 6) is 0.319. The Morgan fingerprint density at radius 2 is 2.10 bits per heavy atom. The van der Waals surface area contributed by atoms with Crippen LogP contribution in [0.15, 0.2) is 0 Å². The molecule has 2 aliphatic rings. The highest BCUT2D eigenvalue weighted by molar-refractivity contribution is 5.89. The van der Waals surface area contributed by atoms with Crippen molar-refractivity contribution in [3.8, 4) is 0 Å². The maximum Gasteiger partial charge on any atom is 0.243 e. The first-order valence-electron chi connectivity index (χ1n) is 8.11. The number of hydrogen-bond acceptors (Lipinski definition) is 3. The molecular weight excluding hydrogens is 252 g/mol. The molecule has 1 saturated carbocycles. The number of hydrogen-bond donors (Lipinski definition) is 1. The van der Waals surface area contributed by atoms with Crippen molar-refractivity contribution in [2.45, 2.75) is 65.0 Å². The van der Waals surface area contributed by atoms with Crippen LogP contribution in [-0.2, 0) is 9.53 Å². The van der Waals surface area contributed by atoms with Gasteiger partial charge in [0, 0.05) is 31.0 Å². The molecular formula is C16H30N2O2. The SMILES string of the molecule is CCCCN(CC)C(=O)C1(N)C2CCCOC2C1(C)C. The van der Waals surface area contributed by atoms with E-state index >= 15 is 0 Å². The Bertz CT molecular complexity index is 369. The molecule has 1 heterocycles. The van der Waals surface area contributed by atoms with Crippen LogP contribution < -0.4 is 5.73 Å². The molecule has 20 heavy (non-hydrogen) atoms. The fraction of sp³-hybridized carbons (Fsp3) is 0.938. The lowest BCUT2D eigenvalue weighted by atomic mass is 9.46. The van der Waals surface area contributed by atoms with E-state index in [1.54, 1.807) is 0 Å². The third-order valence-electron chi connectivity index (χ3n) is 5.49. The Labute approximate surface area is 123 Å². The van der Waals surface area contributed by atoms with Crippen molar-refractivity contribution in [1.82, 2.24) is 4.90 Å². The molecule has 0 aromatic heterocycles. The molecule has 1 aliphatic heterocycles. The lowest BCUT2D eigenvalue weighted by Gasteiger charge is -2.65. The molecule has 0 bridgehead atoms. The van der Waals surface area contributed by atoms with Crippen molar-refractivity contribution in [1.29, 1.82) is 0 Å². The van der Waals surface area contributed by atoms with Crippen LogP contribution in [0, 0.1) is 11.3 Å². The zero-order valence-corrected chi connectivity index (χ0v) is 13.4. The number of likely N-dealkylation sites (N-methyl/N-ethyl adjacent to an activating group) is 1. The van der Waals surface area contributed by atoms with Gasteiger partial charge < -0.3 is 15.4 Å². The molecule has 0 aromatic rings. The van der Waals surface area contributed by atoms with E-state index < -0.39 is 5.54 Å². The second-order valence-electron chi connectivity index (χ2n) is 6.87. The third-order valence-corrected chi connectivity index (χ3v) is 5.49. The number of fused-ring (bicyclic) bond motifs is 1. The molecule has 1 amide bonds. The molecule has 116 valence electrons. The molecule has 3 atom stereocenters. The van der Waals surface area contributed by atoms with Crippen LogP contribution in [0.4, 0.5) is 0 Å². The maximum atomic E-state index is 13.0. The number of ether oxygens (including phenoxy) is 1. The van der Waals surface area contributed by atoms with E-state index in [2.05, 4.69) is 20.8 Å². The molecule has 2 N–H and O–H groups in total. The molecule has 2 fully saturated rings. The Morgan fingerprint density at radius 1 is 1.40 bits per heavy atom. The topological polar surface area (TPSA) is 55.6 Å². The van der Waals surface area contributed by atoms with Crippen LogP contribution in [-0.4, -0.2) is 42.1 Å². The van der Waals surface area contributed by atoms with Crippen molar-refractivity contribution < 1.29 is 9.53 Å². The first-order valence-corrected chi connectivity index (χ1v) is 8.11. The van der Waals surface area contributed by atoms with E-state index in [1.165, 1.54) is 0 Å². The van der Waals surface area contributed by atoms with Crippen molar-refractivity contribution >= 4 is 5.91 Å². The Kier molecular flexibility index (Phi) is 4.45. The molecule has 0 spiro atoms. The van der Waals surface area contributed by atoms with Gasteiger partial charge in [-0.2, -0.15) is 0 Å². The maximum absolute atomic E-state index is 13.0. The van der Waals surface area contributed by atoms with Crippen LogP contribution in [0.25, 0.3) is 0 Å². The van der Waals surface area contributed by atoms with Gasteiger partial charge >= 0.3 is 0 Å². The quantitative estimate of drug-likeness (QED) is 0.841. The minimum Gasteiger partial charge on any atom is -0.377 e. The number of nitrogens with two attached hydrogens (primary N) is 1. The van der Waals surface area contributed by atoms with Crippen LogP contribution in [0.3, 0.4) is 0 Å². The fourth-order valence-electron chi connectivity index (χ4n) is 4.02.